The SMILES string of the molecule is CC(COc1ccc2cc(O)c(N3CC(=O)NS3(=O)=O)c(F)c2c1)C1CC1. The molecular formula is C18H19FN2O5S. The summed E-state index contributed by atoms with van der Waals surface area (Å²) in [4.78, 5) is 11.4. The molecule has 27 heavy (non-hydrogen) atoms. The van der Waals surface area contributed by atoms with Gasteiger partial charge in [0.1, 0.15) is 23.7 Å². The van der Waals surface area contributed by atoms with Gasteiger partial charge in [0.05, 0.1) is 6.61 Å². The fourth-order valence-electron chi connectivity index (χ4n) is 3.31. The number of carbonyl (C=O) groups is 1. The van der Waals surface area contributed by atoms with E-state index in [1.54, 1.807) is 16.9 Å². The number of fused-ring (bicyclic) bond motifs is 1. The van der Waals surface area contributed by atoms with Crippen molar-refractivity contribution in [2.45, 2.75) is 19.8 Å². The molecule has 2 aliphatic rings. The second kappa shape index (κ2) is 6.26. The molecule has 1 aliphatic heterocycles. The Morgan fingerprint density at radius 3 is 2.74 bits per heavy atom. The van der Waals surface area contributed by atoms with E-state index in [-0.39, 0.29) is 5.39 Å². The summed E-state index contributed by atoms with van der Waals surface area (Å²) >= 11 is 0. The zero-order chi connectivity index (χ0) is 19.3. The molecule has 1 atom stereocenters. The number of anilines is 1. The van der Waals surface area contributed by atoms with Gasteiger partial charge in [0.25, 0.3) is 5.91 Å². The molecule has 1 saturated heterocycles. The van der Waals surface area contributed by atoms with Crippen molar-refractivity contribution in [2.24, 2.45) is 11.8 Å². The molecule has 2 aromatic rings. The summed E-state index contributed by atoms with van der Waals surface area (Å²) in [7, 11) is -4.23. The number of carbonyl (C=O) groups excluding carboxylic acids is 1. The molecule has 144 valence electrons. The monoisotopic (exact) mass is 394 g/mol. The lowest BCUT2D eigenvalue weighted by Crippen LogP contribution is -2.30. The van der Waals surface area contributed by atoms with Crippen LogP contribution in [0.1, 0.15) is 19.8 Å². The summed E-state index contributed by atoms with van der Waals surface area (Å²) in [5.74, 6) is -0.727. The minimum atomic E-state index is -4.23. The Morgan fingerprint density at radius 1 is 1.37 bits per heavy atom. The predicted molar refractivity (Wildman–Crippen MR) is 97.4 cm³/mol. The number of nitrogens with one attached hydrogen (secondary N) is 1. The van der Waals surface area contributed by atoms with E-state index in [1.807, 2.05) is 0 Å². The Morgan fingerprint density at radius 2 is 2.11 bits per heavy atom. The van der Waals surface area contributed by atoms with Crippen LogP contribution >= 0.6 is 0 Å². The van der Waals surface area contributed by atoms with E-state index in [2.05, 4.69) is 6.92 Å². The third kappa shape index (κ3) is 3.27. The molecule has 0 aromatic heterocycles. The smallest absolute Gasteiger partial charge is 0.326 e. The average molecular weight is 394 g/mol. The van der Waals surface area contributed by atoms with Crippen LogP contribution in [0, 0.1) is 17.7 Å². The van der Waals surface area contributed by atoms with Crippen molar-refractivity contribution in [1.82, 2.24) is 4.72 Å². The lowest BCUT2D eigenvalue weighted by molar-refractivity contribution is -0.117. The van der Waals surface area contributed by atoms with Crippen molar-refractivity contribution in [3.63, 3.8) is 0 Å². The summed E-state index contributed by atoms with van der Waals surface area (Å²) in [6.07, 6.45) is 2.41. The first kappa shape index (κ1) is 17.8. The quantitative estimate of drug-likeness (QED) is 0.811. The van der Waals surface area contributed by atoms with Crippen LogP contribution in [0.25, 0.3) is 10.8 Å². The Hall–Kier alpha value is -2.55. The molecule has 4 rings (SSSR count). The Labute approximate surface area is 155 Å². The van der Waals surface area contributed by atoms with Gasteiger partial charge >= 0.3 is 10.2 Å². The summed E-state index contributed by atoms with van der Waals surface area (Å²) in [6.45, 7) is 2.03. The number of benzene rings is 2. The molecule has 2 aromatic carbocycles. The highest BCUT2D eigenvalue weighted by atomic mass is 32.2. The molecular weight excluding hydrogens is 375 g/mol. The zero-order valence-electron chi connectivity index (χ0n) is 14.6. The van der Waals surface area contributed by atoms with Crippen LogP contribution in [0.4, 0.5) is 10.1 Å². The van der Waals surface area contributed by atoms with Gasteiger partial charge in [-0.3, -0.25) is 4.79 Å². The van der Waals surface area contributed by atoms with Gasteiger partial charge in [0.2, 0.25) is 0 Å². The number of phenols is 1. The first-order chi connectivity index (χ1) is 12.8. The predicted octanol–water partition coefficient (Wildman–Crippen LogP) is 2.29. The van der Waals surface area contributed by atoms with E-state index in [0.717, 1.165) is 0 Å². The van der Waals surface area contributed by atoms with E-state index in [1.165, 1.54) is 25.0 Å². The highest BCUT2D eigenvalue weighted by molar-refractivity contribution is 7.92. The lowest BCUT2D eigenvalue weighted by Gasteiger charge is -2.18. The number of amides is 1. The van der Waals surface area contributed by atoms with Gasteiger partial charge in [0.15, 0.2) is 5.82 Å². The van der Waals surface area contributed by atoms with Gasteiger partial charge in [-0.2, -0.15) is 8.42 Å². The molecule has 0 radical (unpaired) electrons. The molecule has 2 fully saturated rings. The molecule has 1 saturated carbocycles. The lowest BCUT2D eigenvalue weighted by atomic mass is 10.1. The molecule has 2 N–H and O–H groups in total. The first-order valence-electron chi connectivity index (χ1n) is 8.67. The third-order valence-electron chi connectivity index (χ3n) is 5.01. The van der Waals surface area contributed by atoms with Crippen LogP contribution in [0.2, 0.25) is 0 Å². The maximum atomic E-state index is 15.1. The van der Waals surface area contributed by atoms with Crippen molar-refractivity contribution < 1.29 is 27.4 Å². The topological polar surface area (TPSA) is 95.9 Å². The van der Waals surface area contributed by atoms with E-state index in [0.29, 0.717) is 33.9 Å². The summed E-state index contributed by atoms with van der Waals surface area (Å²) < 4.78 is 47.2. The standard InChI is InChI=1S/C18H19FN2O5S/c1-10(11-2-3-11)9-26-13-5-4-12-6-15(22)18(17(19)14(12)7-13)21-8-16(23)20-27(21,24)25/h4-7,10-11,22H,2-3,8-9H2,1H3,(H,20,23). The number of rotatable bonds is 5. The molecule has 1 heterocycles. The second-order valence-electron chi connectivity index (χ2n) is 7.10. The third-order valence-corrected chi connectivity index (χ3v) is 6.39. The maximum absolute atomic E-state index is 15.1. The van der Waals surface area contributed by atoms with Gasteiger partial charge in [-0.05, 0) is 48.3 Å². The number of hydrogen-bond donors (Lipinski definition) is 2. The number of phenolic OH excluding ortho intramolecular Hbond substituents is 1. The van der Waals surface area contributed by atoms with Crippen molar-refractivity contribution in [3.8, 4) is 11.5 Å². The fraction of sp³-hybridized carbons (Fsp3) is 0.389. The fourth-order valence-corrected chi connectivity index (χ4v) is 4.47. The Balaban J connectivity index is 1.71. The van der Waals surface area contributed by atoms with Crippen molar-refractivity contribution in [1.29, 1.82) is 0 Å². The van der Waals surface area contributed by atoms with Crippen LogP contribution in [0.3, 0.4) is 0 Å². The highest BCUT2D eigenvalue weighted by Crippen LogP contribution is 2.40. The van der Waals surface area contributed by atoms with Crippen molar-refractivity contribution >= 4 is 32.6 Å². The van der Waals surface area contributed by atoms with E-state index >= 15 is 4.39 Å². The van der Waals surface area contributed by atoms with Crippen LogP contribution in [-0.2, 0) is 15.0 Å². The second-order valence-corrected chi connectivity index (χ2v) is 8.70. The normalized spacial score (nSPS) is 19.9. The van der Waals surface area contributed by atoms with E-state index in [9.17, 15) is 18.3 Å². The Kier molecular flexibility index (Phi) is 4.14. The summed E-state index contributed by atoms with van der Waals surface area (Å²) in [5, 5.41) is 10.7. The molecule has 0 spiro atoms. The number of ether oxygens (including phenoxy) is 1. The minimum absolute atomic E-state index is 0.105. The van der Waals surface area contributed by atoms with Gasteiger partial charge in [-0.1, -0.05) is 13.0 Å². The Bertz CT molecular complexity index is 1040. The van der Waals surface area contributed by atoms with Gasteiger partial charge in [0, 0.05) is 5.39 Å². The zero-order valence-corrected chi connectivity index (χ0v) is 15.4. The van der Waals surface area contributed by atoms with Crippen molar-refractivity contribution in [3.05, 3.63) is 30.1 Å². The molecule has 1 amide bonds. The maximum Gasteiger partial charge on any atom is 0.326 e. The number of aromatic hydroxyl groups is 1. The summed E-state index contributed by atoms with van der Waals surface area (Å²) in [5.41, 5.74) is -0.552. The molecule has 1 aliphatic carbocycles. The van der Waals surface area contributed by atoms with Crippen LogP contribution in [-0.4, -0.2) is 32.6 Å². The average Bonchev–Trinajstić information content (AvgIpc) is 3.40. The van der Waals surface area contributed by atoms with Crippen LogP contribution < -0.4 is 13.8 Å². The largest absolute Gasteiger partial charge is 0.506 e. The number of halogens is 1. The van der Waals surface area contributed by atoms with E-state index in [4.69, 9.17) is 4.74 Å². The molecule has 7 nitrogen and oxygen atoms in total. The molecule has 0 bridgehead atoms. The van der Waals surface area contributed by atoms with Gasteiger partial charge < -0.3 is 9.84 Å². The van der Waals surface area contributed by atoms with Crippen LogP contribution in [0.5, 0.6) is 11.5 Å². The summed E-state index contributed by atoms with van der Waals surface area (Å²) in [6, 6.07) is 6.02. The minimum Gasteiger partial charge on any atom is -0.506 e. The van der Waals surface area contributed by atoms with Crippen molar-refractivity contribution in [2.75, 3.05) is 17.5 Å². The van der Waals surface area contributed by atoms with Crippen LogP contribution in [0.15, 0.2) is 24.3 Å². The molecule has 1 unspecified atom stereocenters. The number of nitrogens with zero attached hydrogens (tertiary/aromatic N) is 1. The first-order valence-corrected chi connectivity index (χ1v) is 10.1. The number of hydrogen-bond acceptors (Lipinski definition) is 5. The van der Waals surface area contributed by atoms with Gasteiger partial charge in [-0.25, -0.2) is 13.4 Å². The van der Waals surface area contributed by atoms with E-state index < -0.39 is 39.9 Å². The highest BCUT2D eigenvalue weighted by Gasteiger charge is 2.37. The molecule has 9 heteroatoms. The van der Waals surface area contributed by atoms with Gasteiger partial charge in [-0.15, -0.1) is 0 Å².